The van der Waals surface area contributed by atoms with E-state index in [1.807, 2.05) is 75.8 Å². The second-order valence-electron chi connectivity index (χ2n) is 5.50. The number of aromatic nitrogens is 2. The van der Waals surface area contributed by atoms with Crippen molar-refractivity contribution < 1.29 is 4.79 Å². The molecule has 0 radical (unpaired) electrons. The number of amides is 1. The van der Waals surface area contributed by atoms with E-state index >= 15 is 0 Å². The van der Waals surface area contributed by atoms with Gasteiger partial charge in [0.25, 0.3) is 5.91 Å². The Morgan fingerprint density at radius 2 is 1.65 bits per heavy atom. The quantitative estimate of drug-likeness (QED) is 0.727. The summed E-state index contributed by atoms with van der Waals surface area (Å²) in [4.78, 5) is 19.5. The van der Waals surface area contributed by atoms with Gasteiger partial charge in [0, 0.05) is 30.3 Å². The molecular weight excluding hydrogens is 306 g/mol. The molecule has 0 unspecified atom stereocenters. The minimum absolute atomic E-state index is 0.0188. The van der Waals surface area contributed by atoms with E-state index in [4.69, 9.17) is 0 Å². The van der Waals surface area contributed by atoms with E-state index in [1.54, 1.807) is 0 Å². The first-order valence-electron chi connectivity index (χ1n) is 7.74. The highest BCUT2D eigenvalue weighted by atomic mass is 32.2. The molecule has 1 aromatic heterocycles. The van der Waals surface area contributed by atoms with Crippen LogP contribution in [-0.2, 0) is 0 Å². The number of rotatable bonds is 2. The molecule has 2 aromatic carbocycles. The van der Waals surface area contributed by atoms with Crippen molar-refractivity contribution in [2.75, 3.05) is 24.6 Å². The highest BCUT2D eigenvalue weighted by Gasteiger charge is 2.25. The third-order valence-electron chi connectivity index (χ3n) is 4.06. The summed E-state index contributed by atoms with van der Waals surface area (Å²) in [5, 5.41) is 0. The fourth-order valence-corrected chi connectivity index (χ4v) is 3.82. The van der Waals surface area contributed by atoms with Crippen molar-refractivity contribution in [3.63, 3.8) is 0 Å². The smallest absolute Gasteiger partial charge is 0.290 e. The van der Waals surface area contributed by atoms with Crippen molar-refractivity contribution in [1.82, 2.24) is 14.5 Å². The third kappa shape index (κ3) is 2.61. The van der Waals surface area contributed by atoms with E-state index in [0.717, 1.165) is 41.3 Å². The fourth-order valence-electron chi connectivity index (χ4n) is 2.92. The van der Waals surface area contributed by atoms with Crippen LogP contribution in [0.15, 0.2) is 54.6 Å². The molecule has 0 saturated carbocycles. The lowest BCUT2D eigenvalue weighted by molar-refractivity contribution is 0.0758. The Bertz CT molecular complexity index is 838. The molecule has 4 nitrogen and oxygen atoms in total. The Morgan fingerprint density at radius 1 is 0.957 bits per heavy atom. The number of thioether (sulfide) groups is 1. The van der Waals surface area contributed by atoms with E-state index < -0.39 is 0 Å². The summed E-state index contributed by atoms with van der Waals surface area (Å²) in [6.07, 6.45) is 0. The molecule has 0 N–H and O–H groups in total. The van der Waals surface area contributed by atoms with Gasteiger partial charge in [-0.25, -0.2) is 4.98 Å². The average Bonchev–Trinajstić information content (AvgIpc) is 3.02. The highest BCUT2D eigenvalue weighted by Crippen LogP contribution is 2.23. The Labute approximate surface area is 139 Å². The zero-order chi connectivity index (χ0) is 15.6. The zero-order valence-corrected chi connectivity index (χ0v) is 13.5. The minimum Gasteiger partial charge on any atom is -0.334 e. The lowest BCUT2D eigenvalue weighted by Crippen LogP contribution is -2.39. The number of carbonyl (C=O) groups excluding carboxylic acids is 1. The average molecular weight is 323 g/mol. The molecule has 3 aromatic rings. The maximum absolute atomic E-state index is 13.0. The van der Waals surface area contributed by atoms with Gasteiger partial charge < -0.3 is 4.90 Å². The summed E-state index contributed by atoms with van der Waals surface area (Å²) in [7, 11) is 0. The molecule has 0 atom stereocenters. The molecule has 1 amide bonds. The van der Waals surface area contributed by atoms with Crippen LogP contribution in [0.5, 0.6) is 0 Å². The number of para-hydroxylation sites is 3. The molecule has 2 heterocycles. The van der Waals surface area contributed by atoms with Gasteiger partial charge in [0.15, 0.2) is 0 Å². The molecule has 23 heavy (non-hydrogen) atoms. The van der Waals surface area contributed by atoms with Crippen molar-refractivity contribution >= 4 is 28.7 Å². The maximum Gasteiger partial charge on any atom is 0.290 e. The summed E-state index contributed by atoms with van der Waals surface area (Å²) < 4.78 is 1.97. The van der Waals surface area contributed by atoms with Gasteiger partial charge in [-0.3, -0.25) is 9.36 Å². The van der Waals surface area contributed by atoms with E-state index in [2.05, 4.69) is 4.98 Å². The first-order chi connectivity index (χ1) is 11.3. The molecule has 0 bridgehead atoms. The van der Waals surface area contributed by atoms with Crippen LogP contribution in [0.1, 0.15) is 10.6 Å². The van der Waals surface area contributed by atoms with Crippen LogP contribution in [0, 0.1) is 0 Å². The van der Waals surface area contributed by atoms with Crippen LogP contribution in [0.4, 0.5) is 0 Å². The van der Waals surface area contributed by atoms with E-state index in [1.165, 1.54) is 0 Å². The van der Waals surface area contributed by atoms with Gasteiger partial charge in [-0.15, -0.1) is 0 Å². The lowest BCUT2D eigenvalue weighted by Gasteiger charge is -2.26. The summed E-state index contributed by atoms with van der Waals surface area (Å²) in [6.45, 7) is 1.59. The summed E-state index contributed by atoms with van der Waals surface area (Å²) in [6, 6.07) is 17.9. The molecule has 0 aliphatic carbocycles. The van der Waals surface area contributed by atoms with Gasteiger partial charge in [0.2, 0.25) is 5.82 Å². The van der Waals surface area contributed by atoms with E-state index in [9.17, 15) is 4.79 Å². The predicted octanol–water partition coefficient (Wildman–Crippen LogP) is 3.21. The summed E-state index contributed by atoms with van der Waals surface area (Å²) >= 11 is 1.90. The number of carbonyl (C=O) groups is 1. The van der Waals surface area contributed by atoms with Gasteiger partial charge in [-0.05, 0) is 24.3 Å². The second kappa shape index (κ2) is 6.08. The first kappa shape index (κ1) is 14.3. The van der Waals surface area contributed by atoms with Gasteiger partial charge >= 0.3 is 0 Å². The van der Waals surface area contributed by atoms with Crippen LogP contribution >= 0.6 is 11.8 Å². The minimum atomic E-state index is 0.0188. The first-order valence-corrected chi connectivity index (χ1v) is 8.90. The van der Waals surface area contributed by atoms with Crippen molar-refractivity contribution in [2.45, 2.75) is 0 Å². The maximum atomic E-state index is 13.0. The second-order valence-corrected chi connectivity index (χ2v) is 6.72. The molecule has 1 saturated heterocycles. The molecule has 1 aliphatic rings. The Morgan fingerprint density at radius 3 is 2.43 bits per heavy atom. The highest BCUT2D eigenvalue weighted by molar-refractivity contribution is 7.99. The zero-order valence-electron chi connectivity index (χ0n) is 12.7. The Hall–Kier alpha value is -2.27. The monoisotopic (exact) mass is 323 g/mol. The van der Waals surface area contributed by atoms with E-state index in [0.29, 0.717) is 5.82 Å². The molecule has 5 heteroatoms. The number of fused-ring (bicyclic) bond motifs is 1. The van der Waals surface area contributed by atoms with Crippen LogP contribution < -0.4 is 0 Å². The van der Waals surface area contributed by atoms with Crippen LogP contribution in [0.25, 0.3) is 16.7 Å². The summed E-state index contributed by atoms with van der Waals surface area (Å²) in [5.74, 6) is 2.52. The molecule has 1 aliphatic heterocycles. The number of hydrogen-bond acceptors (Lipinski definition) is 3. The lowest BCUT2D eigenvalue weighted by atomic mass is 10.2. The SMILES string of the molecule is O=C(c1nc2ccccc2n1-c1ccccc1)N1CCSCC1. The standard InChI is InChI=1S/C18H17N3OS/c22-18(20-10-12-23-13-11-20)17-19-15-8-4-5-9-16(15)21(17)14-6-2-1-3-7-14/h1-9H,10-13H2. The van der Waals surface area contributed by atoms with Crippen molar-refractivity contribution in [3.05, 3.63) is 60.4 Å². The normalized spacial score (nSPS) is 15.0. The largest absolute Gasteiger partial charge is 0.334 e. The van der Waals surface area contributed by atoms with Crippen LogP contribution in [0.3, 0.4) is 0 Å². The third-order valence-corrected chi connectivity index (χ3v) is 5.01. The number of benzene rings is 2. The number of hydrogen-bond donors (Lipinski definition) is 0. The predicted molar refractivity (Wildman–Crippen MR) is 94.3 cm³/mol. The van der Waals surface area contributed by atoms with Gasteiger partial charge in [0.05, 0.1) is 11.0 Å². The molecule has 1 fully saturated rings. The number of nitrogens with zero attached hydrogens (tertiary/aromatic N) is 3. The fraction of sp³-hybridized carbons (Fsp3) is 0.222. The number of imidazole rings is 1. The summed E-state index contributed by atoms with van der Waals surface area (Å²) in [5.41, 5.74) is 2.79. The van der Waals surface area contributed by atoms with E-state index in [-0.39, 0.29) is 5.91 Å². The van der Waals surface area contributed by atoms with Crippen molar-refractivity contribution in [1.29, 1.82) is 0 Å². The van der Waals surface area contributed by atoms with Crippen LogP contribution in [-0.4, -0.2) is 45.0 Å². The molecule has 116 valence electrons. The van der Waals surface area contributed by atoms with Gasteiger partial charge in [-0.1, -0.05) is 30.3 Å². The molecule has 4 rings (SSSR count). The Kier molecular flexibility index (Phi) is 3.79. The Balaban J connectivity index is 1.87. The molecule has 0 spiro atoms. The van der Waals surface area contributed by atoms with Crippen molar-refractivity contribution in [2.24, 2.45) is 0 Å². The van der Waals surface area contributed by atoms with Gasteiger partial charge in [-0.2, -0.15) is 11.8 Å². The molecular formula is C18H17N3OS. The van der Waals surface area contributed by atoms with Gasteiger partial charge in [0.1, 0.15) is 0 Å². The van der Waals surface area contributed by atoms with Crippen LogP contribution in [0.2, 0.25) is 0 Å². The topological polar surface area (TPSA) is 38.1 Å². The van der Waals surface area contributed by atoms with Crippen molar-refractivity contribution in [3.8, 4) is 5.69 Å².